The number of anilines is 1. The molecule has 0 aromatic carbocycles. The summed E-state index contributed by atoms with van der Waals surface area (Å²) in [5, 5.41) is 2.02. The van der Waals surface area contributed by atoms with Gasteiger partial charge in [-0.3, -0.25) is 0 Å². The quantitative estimate of drug-likeness (QED) is 0.706. The Bertz CT molecular complexity index is 250. The lowest BCUT2D eigenvalue weighted by atomic mass is 10.2. The molecule has 1 heterocycles. The average molecular weight is 181 g/mol. The van der Waals surface area contributed by atoms with Crippen molar-refractivity contribution in [2.75, 3.05) is 5.73 Å². The molecule has 0 fully saturated rings. The monoisotopic (exact) mass is 181 g/mol. The van der Waals surface area contributed by atoms with Crippen LogP contribution < -0.4 is 5.73 Å². The highest BCUT2D eigenvalue weighted by Gasteiger charge is 1.93. The van der Waals surface area contributed by atoms with Gasteiger partial charge in [-0.2, -0.15) is 0 Å². The summed E-state index contributed by atoms with van der Waals surface area (Å²) in [6.07, 6.45) is 8.00. The molecule has 0 bridgehead atoms. The van der Waals surface area contributed by atoms with E-state index in [-0.39, 0.29) is 0 Å². The summed E-state index contributed by atoms with van der Waals surface area (Å²) in [5.41, 5.74) is 6.61. The molecule has 0 aliphatic rings. The number of nitrogen functional groups attached to an aromatic ring is 1. The fourth-order valence-corrected chi connectivity index (χ4v) is 1.72. The Labute approximate surface area is 77.9 Å². The van der Waals surface area contributed by atoms with Gasteiger partial charge in [-0.25, -0.2) is 0 Å². The first-order valence-corrected chi connectivity index (χ1v) is 5.22. The van der Waals surface area contributed by atoms with Crippen LogP contribution in [0.2, 0.25) is 0 Å². The van der Waals surface area contributed by atoms with Crippen LogP contribution in [0.5, 0.6) is 0 Å². The molecule has 0 saturated carbocycles. The summed E-state index contributed by atoms with van der Waals surface area (Å²) in [6, 6.07) is 1.95. The zero-order valence-electron chi connectivity index (χ0n) is 7.42. The standard InChI is InChI=1S/C10H15NS/c1-2-3-4-5-6-10-9(11)7-8-12-10/h5-8H,2-4,11H2,1H3/b6-5+. The van der Waals surface area contributed by atoms with Crippen molar-refractivity contribution in [3.05, 3.63) is 22.4 Å². The van der Waals surface area contributed by atoms with E-state index in [2.05, 4.69) is 19.1 Å². The molecule has 2 N–H and O–H groups in total. The first-order valence-electron chi connectivity index (χ1n) is 4.34. The SMILES string of the molecule is CCCC/C=C/c1sccc1N. The number of hydrogen-bond donors (Lipinski definition) is 1. The van der Waals surface area contributed by atoms with Gasteiger partial charge in [0, 0.05) is 10.6 Å². The third kappa shape index (κ3) is 2.70. The van der Waals surface area contributed by atoms with Gasteiger partial charge in [0.1, 0.15) is 0 Å². The van der Waals surface area contributed by atoms with E-state index in [0.717, 1.165) is 12.1 Å². The largest absolute Gasteiger partial charge is 0.398 e. The lowest BCUT2D eigenvalue weighted by Crippen LogP contribution is -1.81. The predicted octanol–water partition coefficient (Wildman–Crippen LogP) is 3.53. The second-order valence-corrected chi connectivity index (χ2v) is 3.73. The van der Waals surface area contributed by atoms with Gasteiger partial charge in [0.25, 0.3) is 0 Å². The lowest BCUT2D eigenvalue weighted by Gasteiger charge is -1.90. The highest BCUT2D eigenvalue weighted by atomic mass is 32.1. The summed E-state index contributed by atoms with van der Waals surface area (Å²) in [6.45, 7) is 2.20. The molecule has 1 rings (SSSR count). The van der Waals surface area contributed by atoms with Crippen LogP contribution in [0.3, 0.4) is 0 Å². The van der Waals surface area contributed by atoms with Crippen molar-refractivity contribution >= 4 is 23.1 Å². The smallest absolute Gasteiger partial charge is 0.0497 e. The van der Waals surface area contributed by atoms with Crippen LogP contribution in [0.25, 0.3) is 6.08 Å². The van der Waals surface area contributed by atoms with Crippen molar-refractivity contribution in [3.63, 3.8) is 0 Å². The molecule has 66 valence electrons. The number of nitrogens with two attached hydrogens (primary N) is 1. The van der Waals surface area contributed by atoms with E-state index in [1.165, 1.54) is 17.7 Å². The molecule has 1 nitrogen and oxygen atoms in total. The highest BCUT2D eigenvalue weighted by Crippen LogP contribution is 2.20. The van der Waals surface area contributed by atoms with Gasteiger partial charge in [-0.15, -0.1) is 11.3 Å². The number of allylic oxidation sites excluding steroid dienone is 1. The number of rotatable bonds is 4. The maximum Gasteiger partial charge on any atom is 0.0497 e. The van der Waals surface area contributed by atoms with Crippen LogP contribution in [-0.4, -0.2) is 0 Å². The summed E-state index contributed by atoms with van der Waals surface area (Å²) in [4.78, 5) is 1.19. The van der Waals surface area contributed by atoms with Crippen LogP contribution in [0.4, 0.5) is 5.69 Å². The van der Waals surface area contributed by atoms with Crippen molar-refractivity contribution in [2.24, 2.45) is 0 Å². The molecule has 0 aliphatic heterocycles. The zero-order chi connectivity index (χ0) is 8.81. The van der Waals surface area contributed by atoms with E-state index in [1.807, 2.05) is 11.4 Å². The van der Waals surface area contributed by atoms with Crippen LogP contribution in [0.1, 0.15) is 31.1 Å². The first kappa shape index (κ1) is 9.33. The zero-order valence-corrected chi connectivity index (χ0v) is 8.23. The van der Waals surface area contributed by atoms with Gasteiger partial charge in [-0.05, 0) is 23.9 Å². The van der Waals surface area contributed by atoms with Crippen molar-refractivity contribution in [1.29, 1.82) is 0 Å². The summed E-state index contributed by atoms with van der Waals surface area (Å²) in [7, 11) is 0. The third-order valence-corrected chi connectivity index (χ3v) is 2.62. The summed E-state index contributed by atoms with van der Waals surface area (Å²) >= 11 is 1.70. The van der Waals surface area contributed by atoms with E-state index in [9.17, 15) is 0 Å². The lowest BCUT2D eigenvalue weighted by molar-refractivity contribution is 0.816. The Morgan fingerprint density at radius 1 is 1.58 bits per heavy atom. The molecule has 12 heavy (non-hydrogen) atoms. The van der Waals surface area contributed by atoms with Crippen molar-refractivity contribution < 1.29 is 0 Å². The molecule has 1 aromatic rings. The van der Waals surface area contributed by atoms with Crippen LogP contribution >= 0.6 is 11.3 Å². The van der Waals surface area contributed by atoms with Crippen LogP contribution in [0, 0.1) is 0 Å². The Balaban J connectivity index is 2.41. The number of unbranched alkanes of at least 4 members (excludes halogenated alkanes) is 2. The molecular formula is C10H15NS. The molecule has 0 aliphatic carbocycles. The van der Waals surface area contributed by atoms with Gasteiger partial charge < -0.3 is 5.73 Å². The van der Waals surface area contributed by atoms with E-state index in [4.69, 9.17) is 5.73 Å². The topological polar surface area (TPSA) is 26.0 Å². The highest BCUT2D eigenvalue weighted by molar-refractivity contribution is 7.11. The van der Waals surface area contributed by atoms with Gasteiger partial charge in [0.05, 0.1) is 0 Å². The molecule has 0 saturated heterocycles. The third-order valence-electron chi connectivity index (χ3n) is 1.72. The van der Waals surface area contributed by atoms with Crippen LogP contribution in [-0.2, 0) is 0 Å². The molecule has 0 radical (unpaired) electrons. The molecule has 0 amide bonds. The maximum atomic E-state index is 5.71. The molecular weight excluding hydrogens is 166 g/mol. The van der Waals surface area contributed by atoms with Gasteiger partial charge in [-0.1, -0.05) is 25.8 Å². The summed E-state index contributed by atoms with van der Waals surface area (Å²) < 4.78 is 0. The van der Waals surface area contributed by atoms with Crippen molar-refractivity contribution in [1.82, 2.24) is 0 Å². The minimum atomic E-state index is 0.896. The van der Waals surface area contributed by atoms with Crippen LogP contribution in [0.15, 0.2) is 17.5 Å². The Morgan fingerprint density at radius 2 is 2.42 bits per heavy atom. The minimum absolute atomic E-state index is 0.896. The summed E-state index contributed by atoms with van der Waals surface area (Å²) in [5.74, 6) is 0. The first-order chi connectivity index (χ1) is 5.84. The molecule has 0 unspecified atom stereocenters. The fraction of sp³-hybridized carbons (Fsp3) is 0.400. The molecule has 2 heteroatoms. The van der Waals surface area contributed by atoms with Crippen molar-refractivity contribution in [3.8, 4) is 0 Å². The Hall–Kier alpha value is -0.760. The fourth-order valence-electron chi connectivity index (χ4n) is 0.979. The van der Waals surface area contributed by atoms with Gasteiger partial charge >= 0.3 is 0 Å². The predicted molar refractivity (Wildman–Crippen MR) is 57.3 cm³/mol. The van der Waals surface area contributed by atoms with E-state index in [1.54, 1.807) is 11.3 Å². The Kier molecular flexibility index (Phi) is 3.88. The van der Waals surface area contributed by atoms with Gasteiger partial charge in [0.15, 0.2) is 0 Å². The molecule has 0 atom stereocenters. The van der Waals surface area contributed by atoms with Crippen molar-refractivity contribution in [2.45, 2.75) is 26.2 Å². The van der Waals surface area contributed by atoms with E-state index in [0.29, 0.717) is 0 Å². The second-order valence-electron chi connectivity index (χ2n) is 2.78. The minimum Gasteiger partial charge on any atom is -0.398 e. The van der Waals surface area contributed by atoms with E-state index >= 15 is 0 Å². The number of hydrogen-bond acceptors (Lipinski definition) is 2. The van der Waals surface area contributed by atoms with E-state index < -0.39 is 0 Å². The van der Waals surface area contributed by atoms with Gasteiger partial charge in [0.2, 0.25) is 0 Å². The Morgan fingerprint density at radius 3 is 3.00 bits per heavy atom. The molecule has 1 aromatic heterocycles. The number of thiophene rings is 1. The maximum absolute atomic E-state index is 5.71. The normalized spacial score (nSPS) is 11.1. The molecule has 0 spiro atoms. The second kappa shape index (κ2) is 4.99. The average Bonchev–Trinajstić information content (AvgIpc) is 2.46.